The van der Waals surface area contributed by atoms with Crippen LogP contribution in [-0.4, -0.2) is 41.4 Å². The molecular formula is C27H32ClNO4. The molecule has 5 nitrogen and oxygen atoms in total. The molecule has 2 heterocycles. The summed E-state index contributed by atoms with van der Waals surface area (Å²) in [5, 5.41) is 0.620. The molecule has 1 fully saturated rings. The van der Waals surface area contributed by atoms with Crippen molar-refractivity contribution >= 4 is 23.3 Å². The number of piperidine rings is 1. The molecule has 1 atom stereocenters. The first-order chi connectivity index (χ1) is 15.6. The number of nitrogens with zero attached hydrogens (tertiary/aromatic N) is 1. The first-order valence-corrected chi connectivity index (χ1v) is 12.1. The summed E-state index contributed by atoms with van der Waals surface area (Å²) in [4.78, 5) is 27.8. The van der Waals surface area contributed by atoms with Gasteiger partial charge in [-0.15, -0.1) is 0 Å². The summed E-state index contributed by atoms with van der Waals surface area (Å²) in [6.45, 7) is 10.9. The van der Waals surface area contributed by atoms with Crippen LogP contribution in [0.3, 0.4) is 0 Å². The predicted octanol–water partition coefficient (Wildman–Crippen LogP) is 5.87. The number of hydrogen-bond acceptors (Lipinski definition) is 4. The molecule has 0 radical (unpaired) electrons. The van der Waals surface area contributed by atoms with E-state index in [9.17, 15) is 9.59 Å². The lowest BCUT2D eigenvalue weighted by Crippen LogP contribution is -2.54. The summed E-state index contributed by atoms with van der Waals surface area (Å²) in [7, 11) is 0. The average molecular weight is 470 g/mol. The molecule has 176 valence electrons. The Morgan fingerprint density at radius 2 is 1.76 bits per heavy atom. The first kappa shape index (κ1) is 23.6. The number of aryl methyl sites for hydroxylation is 1. The van der Waals surface area contributed by atoms with E-state index in [1.165, 1.54) is 5.56 Å². The van der Waals surface area contributed by atoms with Gasteiger partial charge in [0.25, 0.3) is 5.91 Å². The van der Waals surface area contributed by atoms with E-state index in [4.69, 9.17) is 21.1 Å². The third-order valence-corrected chi connectivity index (χ3v) is 7.51. The molecule has 2 aromatic rings. The van der Waals surface area contributed by atoms with Gasteiger partial charge >= 0.3 is 0 Å². The van der Waals surface area contributed by atoms with Crippen molar-refractivity contribution in [3.8, 4) is 11.5 Å². The lowest BCUT2D eigenvalue weighted by Gasteiger charge is -2.44. The van der Waals surface area contributed by atoms with Crippen LogP contribution in [0.4, 0.5) is 0 Å². The first-order valence-electron chi connectivity index (χ1n) is 11.7. The number of fused-ring (bicyclic) bond motifs is 1. The lowest BCUT2D eigenvalue weighted by molar-refractivity contribution is -0.141. The number of carbonyl (C=O) groups is 2. The minimum absolute atomic E-state index is 0.0428. The van der Waals surface area contributed by atoms with E-state index in [1.54, 1.807) is 6.92 Å². The van der Waals surface area contributed by atoms with Gasteiger partial charge in [0.05, 0.1) is 12.0 Å². The number of ether oxygens (including phenoxy) is 2. The van der Waals surface area contributed by atoms with Gasteiger partial charge in [0.1, 0.15) is 17.1 Å². The zero-order chi connectivity index (χ0) is 23.9. The molecule has 0 bridgehead atoms. The Bertz CT molecular complexity index is 1070. The summed E-state index contributed by atoms with van der Waals surface area (Å²) in [5.74, 6) is 1.78. The van der Waals surface area contributed by atoms with Crippen molar-refractivity contribution in [1.29, 1.82) is 0 Å². The predicted molar refractivity (Wildman–Crippen MR) is 130 cm³/mol. The van der Waals surface area contributed by atoms with E-state index >= 15 is 0 Å². The van der Waals surface area contributed by atoms with Gasteiger partial charge in [0.2, 0.25) is 0 Å². The van der Waals surface area contributed by atoms with Crippen LogP contribution in [0, 0.1) is 13.8 Å². The molecule has 33 heavy (non-hydrogen) atoms. The molecule has 6 heteroatoms. The molecule has 1 amide bonds. The molecule has 2 aliphatic heterocycles. The number of carbonyl (C=O) groups excluding carboxylic acids is 2. The highest BCUT2D eigenvalue weighted by Gasteiger charge is 2.45. The monoisotopic (exact) mass is 469 g/mol. The molecule has 1 spiro atoms. The maximum atomic E-state index is 13.0. The largest absolute Gasteiger partial charge is 0.486 e. The maximum Gasteiger partial charge on any atom is 0.263 e. The number of likely N-dealkylation sites (tertiary alicyclic amines) is 1. The lowest BCUT2D eigenvalue weighted by atomic mass is 9.81. The van der Waals surface area contributed by atoms with Gasteiger partial charge in [-0.2, -0.15) is 0 Å². The molecule has 0 aromatic heterocycles. The van der Waals surface area contributed by atoms with Gasteiger partial charge < -0.3 is 14.4 Å². The summed E-state index contributed by atoms with van der Waals surface area (Å²) in [5.41, 5.74) is 2.95. The molecular weight excluding hydrogens is 438 g/mol. The van der Waals surface area contributed by atoms with E-state index in [0.29, 0.717) is 60.4 Å². The summed E-state index contributed by atoms with van der Waals surface area (Å²) < 4.78 is 12.3. The van der Waals surface area contributed by atoms with Crippen molar-refractivity contribution < 1.29 is 19.1 Å². The highest BCUT2D eigenvalue weighted by Crippen LogP contribution is 2.43. The number of halogens is 1. The quantitative estimate of drug-likeness (QED) is 0.561. The van der Waals surface area contributed by atoms with Crippen molar-refractivity contribution in [2.24, 2.45) is 0 Å². The van der Waals surface area contributed by atoms with Crippen LogP contribution >= 0.6 is 11.6 Å². The zero-order valence-electron chi connectivity index (χ0n) is 20.0. The molecule has 1 unspecified atom stereocenters. The zero-order valence-corrected chi connectivity index (χ0v) is 20.8. The topological polar surface area (TPSA) is 55.8 Å². The SMILES string of the molecule is Cc1cc2c(c(C)c1Cl)C(=O)CC1(CCN(C(=O)C(C)Oc3ccc(C(C)C)cc3)CC1)O2. The fraction of sp³-hybridized carbons (Fsp3) is 0.481. The summed E-state index contributed by atoms with van der Waals surface area (Å²) >= 11 is 6.36. The number of rotatable bonds is 4. The van der Waals surface area contributed by atoms with Gasteiger partial charge in [0, 0.05) is 31.0 Å². The van der Waals surface area contributed by atoms with Crippen LogP contribution in [0.5, 0.6) is 11.5 Å². The van der Waals surface area contributed by atoms with Gasteiger partial charge in [-0.05, 0) is 61.6 Å². The Hall–Kier alpha value is -2.53. The van der Waals surface area contributed by atoms with Gasteiger partial charge in [0.15, 0.2) is 11.9 Å². The van der Waals surface area contributed by atoms with Crippen molar-refractivity contribution in [1.82, 2.24) is 4.90 Å². The van der Waals surface area contributed by atoms with Crippen molar-refractivity contribution in [3.63, 3.8) is 0 Å². The normalized spacial score (nSPS) is 18.2. The highest BCUT2D eigenvalue weighted by molar-refractivity contribution is 6.32. The van der Waals surface area contributed by atoms with E-state index in [-0.39, 0.29) is 11.7 Å². The fourth-order valence-electron chi connectivity index (χ4n) is 4.86. The molecule has 1 saturated heterocycles. The minimum atomic E-state index is -0.578. The molecule has 0 N–H and O–H groups in total. The van der Waals surface area contributed by atoms with Crippen LogP contribution in [0.2, 0.25) is 5.02 Å². The number of hydrogen-bond donors (Lipinski definition) is 0. The molecule has 2 aromatic carbocycles. The Morgan fingerprint density at radius 1 is 1.12 bits per heavy atom. The second kappa shape index (κ2) is 9.02. The number of amides is 1. The van der Waals surface area contributed by atoms with Gasteiger partial charge in [-0.3, -0.25) is 9.59 Å². The molecule has 2 aliphatic rings. The minimum Gasteiger partial charge on any atom is -0.486 e. The number of ketones is 1. The Balaban J connectivity index is 1.40. The average Bonchev–Trinajstić information content (AvgIpc) is 2.77. The van der Waals surface area contributed by atoms with Crippen molar-refractivity contribution in [3.05, 3.63) is 57.6 Å². The van der Waals surface area contributed by atoms with Crippen molar-refractivity contribution in [2.75, 3.05) is 13.1 Å². The summed E-state index contributed by atoms with van der Waals surface area (Å²) in [6, 6.07) is 9.77. The van der Waals surface area contributed by atoms with E-state index < -0.39 is 11.7 Å². The van der Waals surface area contributed by atoms with E-state index in [0.717, 1.165) is 11.1 Å². The second-order valence-electron chi connectivity index (χ2n) is 9.70. The smallest absolute Gasteiger partial charge is 0.263 e. The van der Waals surface area contributed by atoms with Gasteiger partial charge in [-0.1, -0.05) is 37.6 Å². The van der Waals surface area contributed by atoms with Gasteiger partial charge in [-0.25, -0.2) is 0 Å². The van der Waals surface area contributed by atoms with E-state index in [2.05, 4.69) is 13.8 Å². The molecule has 0 aliphatic carbocycles. The highest BCUT2D eigenvalue weighted by atomic mass is 35.5. The van der Waals surface area contributed by atoms with Crippen LogP contribution in [0.1, 0.15) is 73.0 Å². The maximum absolute atomic E-state index is 13.0. The number of Topliss-reactive ketones (excluding diaryl/α,β-unsaturated/α-hetero) is 1. The Morgan fingerprint density at radius 3 is 2.36 bits per heavy atom. The van der Waals surface area contributed by atoms with Crippen LogP contribution in [0.15, 0.2) is 30.3 Å². The fourth-order valence-corrected chi connectivity index (χ4v) is 5.01. The van der Waals surface area contributed by atoms with E-state index in [1.807, 2.05) is 49.1 Å². The van der Waals surface area contributed by atoms with Crippen molar-refractivity contribution in [2.45, 2.75) is 71.5 Å². The Labute approximate surface area is 201 Å². The third kappa shape index (κ3) is 4.61. The Kier molecular flexibility index (Phi) is 6.45. The third-order valence-electron chi connectivity index (χ3n) is 6.93. The second-order valence-corrected chi connectivity index (χ2v) is 10.1. The number of benzene rings is 2. The molecule has 0 saturated carbocycles. The molecule has 4 rings (SSSR count). The standard InChI is InChI=1S/C27H32ClNO4/c1-16(2)20-6-8-21(9-7-20)32-19(5)26(31)29-12-10-27(11-13-29)15-22(30)24-18(4)25(28)17(3)14-23(24)33-27/h6-9,14,16,19H,10-13,15H2,1-5H3. The van der Waals surface area contributed by atoms with Crippen LogP contribution in [0.25, 0.3) is 0 Å². The summed E-state index contributed by atoms with van der Waals surface area (Å²) in [6.07, 6.45) is 0.961. The van der Waals surface area contributed by atoms with Crippen LogP contribution in [-0.2, 0) is 4.79 Å². The van der Waals surface area contributed by atoms with Crippen LogP contribution < -0.4 is 9.47 Å².